The highest BCUT2D eigenvalue weighted by atomic mass is 16.5. The molecule has 1 aromatic rings. The van der Waals surface area contributed by atoms with Crippen molar-refractivity contribution in [3.63, 3.8) is 0 Å². The maximum Gasteiger partial charge on any atom is 0.137 e. The zero-order valence-corrected chi connectivity index (χ0v) is 12.5. The van der Waals surface area contributed by atoms with Crippen molar-refractivity contribution in [2.24, 2.45) is 0 Å². The van der Waals surface area contributed by atoms with Crippen LogP contribution in [0.5, 0.6) is 5.75 Å². The highest BCUT2D eigenvalue weighted by molar-refractivity contribution is 5.42. The number of hydrogen-bond acceptors (Lipinski definition) is 4. The van der Waals surface area contributed by atoms with Gasteiger partial charge in [-0.05, 0) is 31.4 Å². The quantitative estimate of drug-likeness (QED) is 0.747. The lowest BCUT2D eigenvalue weighted by atomic mass is 10.2. The number of para-hydroxylation sites is 1. The van der Waals surface area contributed by atoms with E-state index in [2.05, 4.69) is 11.0 Å². The molecule has 0 unspecified atom stereocenters. The lowest BCUT2D eigenvalue weighted by molar-refractivity contribution is 0.142. The molecule has 0 saturated heterocycles. The first-order valence-corrected chi connectivity index (χ1v) is 7.82. The summed E-state index contributed by atoms with van der Waals surface area (Å²) < 4.78 is 5.71. The van der Waals surface area contributed by atoms with Gasteiger partial charge in [0.15, 0.2) is 0 Å². The molecule has 0 bridgehead atoms. The summed E-state index contributed by atoms with van der Waals surface area (Å²) in [5, 5.41) is 18.2. The molecule has 0 aromatic heterocycles. The summed E-state index contributed by atoms with van der Waals surface area (Å²) in [6, 6.07) is 10.1. The molecule has 2 rings (SSSR count). The van der Waals surface area contributed by atoms with Gasteiger partial charge in [0.25, 0.3) is 0 Å². The summed E-state index contributed by atoms with van der Waals surface area (Å²) in [6.07, 6.45) is 6.02. The molecule has 4 heteroatoms. The summed E-state index contributed by atoms with van der Waals surface area (Å²) in [5.74, 6) is 0.662. The Morgan fingerprint density at radius 2 is 2.00 bits per heavy atom. The first kappa shape index (κ1) is 15.8. The topological polar surface area (TPSA) is 56.5 Å². The number of rotatable bonds is 8. The van der Waals surface area contributed by atoms with Crippen LogP contribution in [0.4, 0.5) is 0 Å². The monoisotopic (exact) mass is 288 g/mol. The Morgan fingerprint density at radius 3 is 2.71 bits per heavy atom. The van der Waals surface area contributed by atoms with Gasteiger partial charge in [0.2, 0.25) is 0 Å². The second-order valence-electron chi connectivity index (χ2n) is 5.51. The van der Waals surface area contributed by atoms with E-state index in [0.29, 0.717) is 24.0 Å². The number of benzene rings is 1. The highest BCUT2D eigenvalue weighted by Gasteiger charge is 2.21. The molecule has 0 aliphatic heterocycles. The van der Waals surface area contributed by atoms with Crippen molar-refractivity contribution < 1.29 is 9.84 Å². The predicted molar refractivity (Wildman–Crippen MR) is 82.2 cm³/mol. The van der Waals surface area contributed by atoms with Crippen LogP contribution in [-0.2, 0) is 0 Å². The van der Waals surface area contributed by atoms with E-state index in [-0.39, 0.29) is 6.61 Å². The number of hydrogen-bond donors (Lipinski definition) is 1. The van der Waals surface area contributed by atoms with Crippen molar-refractivity contribution in [1.82, 2.24) is 4.90 Å². The Balaban J connectivity index is 1.76. The fraction of sp³-hybridized carbons (Fsp3) is 0.588. The van der Waals surface area contributed by atoms with E-state index in [1.54, 1.807) is 6.07 Å². The van der Waals surface area contributed by atoms with E-state index in [1.165, 1.54) is 25.7 Å². The van der Waals surface area contributed by atoms with Crippen molar-refractivity contribution in [2.45, 2.75) is 38.1 Å². The van der Waals surface area contributed by atoms with Crippen molar-refractivity contribution in [3.8, 4) is 11.8 Å². The molecule has 1 saturated carbocycles. The SMILES string of the molecule is N#Cc1ccccc1OCCCN(CCO)C1CCCC1. The highest BCUT2D eigenvalue weighted by Crippen LogP contribution is 2.23. The van der Waals surface area contributed by atoms with E-state index in [4.69, 9.17) is 10.00 Å². The normalized spacial score (nSPS) is 15.3. The van der Waals surface area contributed by atoms with E-state index in [1.807, 2.05) is 18.2 Å². The standard InChI is InChI=1S/C17H24N2O2/c18-14-15-6-1-4-9-17(15)21-13-5-10-19(11-12-20)16-7-2-3-8-16/h1,4,6,9,16,20H,2-3,5,7-8,10-13H2. The molecular formula is C17H24N2O2. The Morgan fingerprint density at radius 1 is 1.24 bits per heavy atom. The van der Waals surface area contributed by atoms with Crippen LogP contribution in [0, 0.1) is 11.3 Å². The molecular weight excluding hydrogens is 264 g/mol. The molecule has 0 atom stereocenters. The van der Waals surface area contributed by atoms with Gasteiger partial charge < -0.3 is 9.84 Å². The molecule has 114 valence electrons. The largest absolute Gasteiger partial charge is 0.492 e. The van der Waals surface area contributed by atoms with E-state index < -0.39 is 0 Å². The molecule has 0 amide bonds. The Labute approximate surface area is 127 Å². The second-order valence-corrected chi connectivity index (χ2v) is 5.51. The first-order valence-electron chi connectivity index (χ1n) is 7.82. The minimum absolute atomic E-state index is 0.217. The van der Waals surface area contributed by atoms with Crippen molar-refractivity contribution in [1.29, 1.82) is 5.26 Å². The summed E-state index contributed by atoms with van der Waals surface area (Å²) in [7, 11) is 0. The maximum absolute atomic E-state index is 9.19. The van der Waals surface area contributed by atoms with Crippen molar-refractivity contribution >= 4 is 0 Å². The lowest BCUT2D eigenvalue weighted by Crippen LogP contribution is -2.36. The van der Waals surface area contributed by atoms with Crippen molar-refractivity contribution in [2.75, 3.05) is 26.3 Å². The minimum atomic E-state index is 0.217. The van der Waals surface area contributed by atoms with Gasteiger partial charge in [-0.25, -0.2) is 0 Å². The van der Waals surface area contributed by atoms with Crippen molar-refractivity contribution in [3.05, 3.63) is 29.8 Å². The van der Waals surface area contributed by atoms with Crippen LogP contribution < -0.4 is 4.74 Å². The van der Waals surface area contributed by atoms with Gasteiger partial charge in [0.05, 0.1) is 18.8 Å². The summed E-state index contributed by atoms with van der Waals surface area (Å²) in [6.45, 7) is 2.52. The Bertz CT molecular complexity index is 464. The molecule has 0 radical (unpaired) electrons. The molecule has 4 nitrogen and oxygen atoms in total. The van der Waals surface area contributed by atoms with Crippen LogP contribution in [-0.4, -0.2) is 42.4 Å². The van der Waals surface area contributed by atoms with E-state index in [9.17, 15) is 5.11 Å². The minimum Gasteiger partial charge on any atom is -0.492 e. The molecule has 1 aliphatic carbocycles. The molecule has 1 N–H and O–H groups in total. The average Bonchev–Trinajstić information content (AvgIpc) is 3.05. The van der Waals surface area contributed by atoms with Crippen LogP contribution in [0.2, 0.25) is 0 Å². The van der Waals surface area contributed by atoms with Gasteiger partial charge in [-0.2, -0.15) is 5.26 Å². The molecule has 21 heavy (non-hydrogen) atoms. The van der Waals surface area contributed by atoms with Gasteiger partial charge in [-0.15, -0.1) is 0 Å². The molecule has 0 spiro atoms. The third kappa shape index (κ3) is 4.73. The zero-order valence-electron chi connectivity index (χ0n) is 12.5. The summed E-state index contributed by atoms with van der Waals surface area (Å²) >= 11 is 0. The van der Waals surface area contributed by atoms with Gasteiger partial charge in [0.1, 0.15) is 11.8 Å². The molecule has 1 fully saturated rings. The smallest absolute Gasteiger partial charge is 0.137 e. The van der Waals surface area contributed by atoms with Gasteiger partial charge in [0, 0.05) is 19.1 Å². The zero-order chi connectivity index (χ0) is 14.9. The average molecular weight is 288 g/mol. The summed E-state index contributed by atoms with van der Waals surface area (Å²) in [4.78, 5) is 2.38. The van der Waals surface area contributed by atoms with Gasteiger partial charge in [-0.1, -0.05) is 25.0 Å². The summed E-state index contributed by atoms with van der Waals surface area (Å²) in [5.41, 5.74) is 0.584. The third-order valence-electron chi connectivity index (χ3n) is 4.08. The first-order chi connectivity index (χ1) is 10.3. The molecule has 1 aromatic carbocycles. The number of aliphatic hydroxyl groups excluding tert-OH is 1. The number of nitrogens with zero attached hydrogens (tertiary/aromatic N) is 2. The third-order valence-corrected chi connectivity index (χ3v) is 4.08. The van der Waals surface area contributed by atoms with Gasteiger partial charge in [-0.3, -0.25) is 4.90 Å². The second kappa shape index (κ2) is 8.66. The van der Waals surface area contributed by atoms with Gasteiger partial charge >= 0.3 is 0 Å². The fourth-order valence-electron chi connectivity index (χ4n) is 3.01. The van der Waals surface area contributed by atoms with Crippen LogP contribution in [0.15, 0.2) is 24.3 Å². The number of nitriles is 1. The lowest BCUT2D eigenvalue weighted by Gasteiger charge is -2.28. The maximum atomic E-state index is 9.19. The van der Waals surface area contributed by atoms with Crippen LogP contribution in [0.25, 0.3) is 0 Å². The molecule has 0 heterocycles. The predicted octanol–water partition coefficient (Wildman–Crippen LogP) is 2.56. The van der Waals surface area contributed by atoms with Crippen LogP contribution in [0.1, 0.15) is 37.7 Å². The Kier molecular flexibility index (Phi) is 6.52. The molecule has 1 aliphatic rings. The van der Waals surface area contributed by atoms with E-state index >= 15 is 0 Å². The number of ether oxygens (including phenoxy) is 1. The van der Waals surface area contributed by atoms with E-state index in [0.717, 1.165) is 19.5 Å². The Hall–Kier alpha value is -1.57. The van der Waals surface area contributed by atoms with Crippen LogP contribution >= 0.6 is 0 Å². The van der Waals surface area contributed by atoms with Crippen LogP contribution in [0.3, 0.4) is 0 Å². The number of aliphatic hydroxyl groups is 1. The fourth-order valence-corrected chi connectivity index (χ4v) is 3.01.